The molecule has 0 aliphatic rings. The minimum absolute atomic E-state index is 0.496. The first-order chi connectivity index (χ1) is 8.95. The summed E-state index contributed by atoms with van der Waals surface area (Å²) in [4.78, 5) is 0. The number of hydrogen-bond acceptors (Lipinski definition) is 2. The lowest BCUT2D eigenvalue weighted by Crippen LogP contribution is -2.34. The van der Waals surface area contributed by atoms with Gasteiger partial charge in [-0.05, 0) is 43.9 Å². The first kappa shape index (κ1) is 13.8. The van der Waals surface area contributed by atoms with Crippen molar-refractivity contribution in [1.29, 1.82) is 0 Å². The molecule has 3 heteroatoms. The quantitative estimate of drug-likeness (QED) is 0.914. The number of benzene rings is 1. The van der Waals surface area contributed by atoms with E-state index in [1.807, 2.05) is 17.8 Å². The molecule has 0 bridgehead atoms. The van der Waals surface area contributed by atoms with E-state index in [1.165, 1.54) is 11.1 Å². The van der Waals surface area contributed by atoms with E-state index in [4.69, 9.17) is 5.73 Å². The number of nitrogens with two attached hydrogens (primary N) is 1. The lowest BCUT2D eigenvalue weighted by atomic mass is 9.86. The Morgan fingerprint density at radius 1 is 1.21 bits per heavy atom. The highest BCUT2D eigenvalue weighted by Gasteiger charge is 2.25. The largest absolute Gasteiger partial charge is 0.318 e. The van der Waals surface area contributed by atoms with Crippen molar-refractivity contribution < 1.29 is 0 Å². The predicted molar refractivity (Wildman–Crippen MR) is 79.1 cm³/mol. The second-order valence-electron chi connectivity index (χ2n) is 5.49. The van der Waals surface area contributed by atoms with Gasteiger partial charge in [0, 0.05) is 18.3 Å². The van der Waals surface area contributed by atoms with E-state index in [-0.39, 0.29) is 0 Å². The molecule has 2 rings (SSSR count). The van der Waals surface area contributed by atoms with Crippen LogP contribution in [-0.2, 0) is 12.1 Å². The van der Waals surface area contributed by atoms with Gasteiger partial charge in [0.25, 0.3) is 0 Å². The monoisotopic (exact) mass is 257 g/mol. The average molecular weight is 257 g/mol. The summed E-state index contributed by atoms with van der Waals surface area (Å²) in [7, 11) is 0. The standard InChI is InChI=1S/C16H23N3/c1-5-8-19-11-15(10-18-19)16(4,17)14-7-6-12(2)13(3)9-14/h6-7,9-11H,5,8,17H2,1-4H3. The zero-order chi connectivity index (χ0) is 14.0. The van der Waals surface area contributed by atoms with Gasteiger partial charge in [-0.25, -0.2) is 0 Å². The van der Waals surface area contributed by atoms with Crippen molar-refractivity contribution in [3.8, 4) is 0 Å². The molecule has 0 saturated carbocycles. The second-order valence-corrected chi connectivity index (χ2v) is 5.49. The molecule has 0 fully saturated rings. The van der Waals surface area contributed by atoms with Crippen LogP contribution in [0.3, 0.4) is 0 Å². The summed E-state index contributed by atoms with van der Waals surface area (Å²) >= 11 is 0. The van der Waals surface area contributed by atoms with Crippen LogP contribution < -0.4 is 5.73 Å². The fourth-order valence-corrected chi connectivity index (χ4v) is 2.21. The number of nitrogens with zero attached hydrogens (tertiary/aromatic N) is 2. The van der Waals surface area contributed by atoms with Crippen molar-refractivity contribution in [2.24, 2.45) is 5.73 Å². The number of aromatic nitrogens is 2. The van der Waals surface area contributed by atoms with Gasteiger partial charge in [0.15, 0.2) is 0 Å². The topological polar surface area (TPSA) is 43.8 Å². The maximum absolute atomic E-state index is 6.53. The van der Waals surface area contributed by atoms with Crippen LogP contribution in [0.5, 0.6) is 0 Å². The van der Waals surface area contributed by atoms with Crippen LogP contribution in [0.1, 0.15) is 42.5 Å². The fourth-order valence-electron chi connectivity index (χ4n) is 2.21. The molecule has 1 aromatic heterocycles. The molecule has 0 radical (unpaired) electrons. The molecule has 1 heterocycles. The summed E-state index contributed by atoms with van der Waals surface area (Å²) in [5, 5.41) is 4.37. The van der Waals surface area contributed by atoms with Gasteiger partial charge in [0.05, 0.1) is 11.7 Å². The van der Waals surface area contributed by atoms with Gasteiger partial charge < -0.3 is 5.73 Å². The molecule has 0 saturated heterocycles. The average Bonchev–Trinajstić information content (AvgIpc) is 2.82. The molecule has 1 atom stereocenters. The molecule has 0 aliphatic carbocycles. The van der Waals surface area contributed by atoms with E-state index in [9.17, 15) is 0 Å². The van der Waals surface area contributed by atoms with Gasteiger partial charge in [-0.3, -0.25) is 4.68 Å². The molecule has 1 aromatic carbocycles. The molecule has 1 unspecified atom stereocenters. The molecule has 2 N–H and O–H groups in total. The Hall–Kier alpha value is -1.61. The Morgan fingerprint density at radius 3 is 2.58 bits per heavy atom. The molecule has 0 aliphatic heterocycles. The van der Waals surface area contributed by atoms with Crippen LogP contribution >= 0.6 is 0 Å². The lowest BCUT2D eigenvalue weighted by molar-refractivity contribution is 0.586. The van der Waals surface area contributed by atoms with Gasteiger partial charge in [-0.1, -0.05) is 25.1 Å². The summed E-state index contributed by atoms with van der Waals surface area (Å²) in [5.74, 6) is 0. The van der Waals surface area contributed by atoms with Crippen LogP contribution in [0.2, 0.25) is 0 Å². The predicted octanol–water partition coefficient (Wildman–Crippen LogP) is 3.13. The lowest BCUT2D eigenvalue weighted by Gasteiger charge is -2.24. The minimum Gasteiger partial charge on any atom is -0.318 e. The number of rotatable bonds is 4. The van der Waals surface area contributed by atoms with Crippen molar-refractivity contribution in [2.75, 3.05) is 0 Å². The highest BCUT2D eigenvalue weighted by Crippen LogP contribution is 2.27. The van der Waals surface area contributed by atoms with Crippen molar-refractivity contribution in [3.63, 3.8) is 0 Å². The zero-order valence-electron chi connectivity index (χ0n) is 12.3. The third-order valence-corrected chi connectivity index (χ3v) is 3.79. The molecule has 3 nitrogen and oxygen atoms in total. The summed E-state index contributed by atoms with van der Waals surface area (Å²) in [6.07, 6.45) is 5.01. The molecule has 0 spiro atoms. The van der Waals surface area contributed by atoms with Gasteiger partial charge >= 0.3 is 0 Å². The Morgan fingerprint density at radius 2 is 1.95 bits per heavy atom. The van der Waals surface area contributed by atoms with Gasteiger partial charge in [-0.2, -0.15) is 5.10 Å². The summed E-state index contributed by atoms with van der Waals surface area (Å²) < 4.78 is 1.96. The van der Waals surface area contributed by atoms with Crippen LogP contribution in [0.25, 0.3) is 0 Å². The van der Waals surface area contributed by atoms with Crippen molar-refractivity contribution in [2.45, 2.75) is 46.2 Å². The molecule has 0 amide bonds. The fraction of sp³-hybridized carbons (Fsp3) is 0.438. The maximum Gasteiger partial charge on any atom is 0.0668 e. The summed E-state index contributed by atoms with van der Waals surface area (Å²) in [5.41, 5.74) is 10.8. The van der Waals surface area contributed by atoms with E-state index in [1.54, 1.807) is 0 Å². The number of aryl methyl sites for hydroxylation is 3. The van der Waals surface area contributed by atoms with Crippen LogP contribution in [0.4, 0.5) is 0 Å². The van der Waals surface area contributed by atoms with E-state index in [2.05, 4.69) is 50.3 Å². The van der Waals surface area contributed by atoms with Gasteiger partial charge in [-0.15, -0.1) is 0 Å². The summed E-state index contributed by atoms with van der Waals surface area (Å²) in [6, 6.07) is 6.41. The molecular weight excluding hydrogens is 234 g/mol. The van der Waals surface area contributed by atoms with Gasteiger partial charge in [0.2, 0.25) is 0 Å². The first-order valence-corrected chi connectivity index (χ1v) is 6.84. The second kappa shape index (κ2) is 5.17. The SMILES string of the molecule is CCCn1cc(C(C)(N)c2ccc(C)c(C)c2)cn1. The maximum atomic E-state index is 6.53. The van der Waals surface area contributed by atoms with Crippen LogP contribution in [0.15, 0.2) is 30.6 Å². The van der Waals surface area contributed by atoms with E-state index in [0.29, 0.717) is 0 Å². The van der Waals surface area contributed by atoms with E-state index in [0.717, 1.165) is 24.1 Å². The normalized spacial score (nSPS) is 14.4. The van der Waals surface area contributed by atoms with Gasteiger partial charge in [0.1, 0.15) is 0 Å². The van der Waals surface area contributed by atoms with E-state index < -0.39 is 5.54 Å². The third kappa shape index (κ3) is 2.71. The molecule has 102 valence electrons. The smallest absolute Gasteiger partial charge is 0.0668 e. The number of hydrogen-bond donors (Lipinski definition) is 1. The Kier molecular flexibility index (Phi) is 3.76. The minimum atomic E-state index is -0.496. The van der Waals surface area contributed by atoms with Crippen molar-refractivity contribution in [1.82, 2.24) is 9.78 Å². The first-order valence-electron chi connectivity index (χ1n) is 6.84. The highest BCUT2D eigenvalue weighted by molar-refractivity contribution is 5.39. The third-order valence-electron chi connectivity index (χ3n) is 3.79. The Balaban J connectivity index is 2.36. The van der Waals surface area contributed by atoms with Crippen molar-refractivity contribution in [3.05, 3.63) is 52.8 Å². The Labute approximate surface area is 115 Å². The molecule has 19 heavy (non-hydrogen) atoms. The highest BCUT2D eigenvalue weighted by atomic mass is 15.3. The van der Waals surface area contributed by atoms with Crippen LogP contribution in [0, 0.1) is 13.8 Å². The Bertz CT molecular complexity index is 567. The zero-order valence-corrected chi connectivity index (χ0v) is 12.3. The van der Waals surface area contributed by atoms with Crippen molar-refractivity contribution >= 4 is 0 Å². The molecular formula is C16H23N3. The molecule has 2 aromatic rings. The summed E-state index contributed by atoms with van der Waals surface area (Å²) in [6.45, 7) is 9.36. The van der Waals surface area contributed by atoms with E-state index >= 15 is 0 Å². The van der Waals surface area contributed by atoms with Crippen LogP contribution in [-0.4, -0.2) is 9.78 Å².